The van der Waals surface area contributed by atoms with Gasteiger partial charge in [0.05, 0.1) is 24.3 Å². The summed E-state index contributed by atoms with van der Waals surface area (Å²) in [7, 11) is 1.26. The fourth-order valence-corrected chi connectivity index (χ4v) is 2.69. The van der Waals surface area contributed by atoms with Gasteiger partial charge in [0.2, 0.25) is 0 Å². The molecular weight excluding hydrogens is 338 g/mol. The summed E-state index contributed by atoms with van der Waals surface area (Å²) in [4.78, 5) is 36.6. The van der Waals surface area contributed by atoms with Crippen molar-refractivity contribution in [2.45, 2.75) is 12.8 Å². The highest BCUT2D eigenvalue weighted by Gasteiger charge is 2.28. The van der Waals surface area contributed by atoms with Crippen LogP contribution in [0.5, 0.6) is 0 Å². The quantitative estimate of drug-likeness (QED) is 0.467. The molecule has 26 heavy (non-hydrogen) atoms. The van der Waals surface area contributed by atoms with Gasteiger partial charge in [-0.15, -0.1) is 0 Å². The molecule has 0 aromatic heterocycles. The number of carbonyl (C=O) groups is 3. The van der Waals surface area contributed by atoms with Crippen molar-refractivity contribution >= 4 is 23.5 Å². The average molecular weight is 357 g/mol. The van der Waals surface area contributed by atoms with Gasteiger partial charge in [0.25, 0.3) is 5.91 Å². The summed E-state index contributed by atoms with van der Waals surface area (Å²) in [6.07, 6.45) is 1.96. The van der Waals surface area contributed by atoms with Crippen LogP contribution in [0.3, 0.4) is 0 Å². The molecule has 0 radical (unpaired) electrons. The number of carboxylic acids is 1. The topological polar surface area (TPSA) is 120 Å². The number of aliphatic carboxylic acids is 1. The third-order valence-corrected chi connectivity index (χ3v) is 4.19. The zero-order chi connectivity index (χ0) is 19.1. The molecule has 0 atom stereocenters. The van der Waals surface area contributed by atoms with E-state index in [1.807, 2.05) is 6.07 Å². The van der Waals surface area contributed by atoms with Gasteiger partial charge in [-0.25, -0.2) is 4.79 Å². The molecule has 0 bridgehead atoms. The smallest absolute Gasteiger partial charge is 0.339 e. The number of amides is 1. The van der Waals surface area contributed by atoms with Gasteiger partial charge < -0.3 is 20.1 Å². The Hall–Kier alpha value is -3.34. The number of methoxy groups -OCH3 is 1. The zero-order valence-corrected chi connectivity index (χ0v) is 14.3. The minimum absolute atomic E-state index is 0.126. The lowest BCUT2D eigenvalue weighted by atomic mass is 9.97. The van der Waals surface area contributed by atoms with Gasteiger partial charge >= 0.3 is 11.9 Å². The average Bonchev–Trinajstić information content (AvgIpc) is 2.68. The second-order valence-electron chi connectivity index (χ2n) is 5.76. The number of carbonyl (C=O) groups excluding carboxylic acids is 2. The van der Waals surface area contributed by atoms with Crippen molar-refractivity contribution in [3.05, 3.63) is 41.6 Å². The van der Waals surface area contributed by atoms with Crippen molar-refractivity contribution in [2.24, 2.45) is 5.92 Å². The Bertz CT molecular complexity index is 773. The highest BCUT2D eigenvalue weighted by atomic mass is 16.5. The zero-order valence-electron chi connectivity index (χ0n) is 14.3. The van der Waals surface area contributed by atoms with Crippen LogP contribution in [0.1, 0.15) is 23.2 Å². The largest absolute Gasteiger partial charge is 0.481 e. The third kappa shape index (κ3) is 4.39. The number of esters is 1. The van der Waals surface area contributed by atoms with Crippen LogP contribution in [0.4, 0.5) is 5.69 Å². The summed E-state index contributed by atoms with van der Waals surface area (Å²) >= 11 is 0. The summed E-state index contributed by atoms with van der Waals surface area (Å²) in [5, 5.41) is 21.1. The molecule has 1 aliphatic heterocycles. The number of hydrogen-bond acceptors (Lipinski definition) is 6. The van der Waals surface area contributed by atoms with Gasteiger partial charge in [0.1, 0.15) is 11.6 Å². The van der Waals surface area contributed by atoms with Gasteiger partial charge in [-0.3, -0.25) is 9.59 Å². The van der Waals surface area contributed by atoms with E-state index in [1.165, 1.54) is 18.2 Å². The van der Waals surface area contributed by atoms with E-state index in [4.69, 9.17) is 9.84 Å². The molecule has 1 aliphatic rings. The molecule has 1 aromatic carbocycles. The van der Waals surface area contributed by atoms with Crippen LogP contribution < -0.4 is 5.32 Å². The molecule has 0 aliphatic carbocycles. The van der Waals surface area contributed by atoms with E-state index in [0.29, 0.717) is 18.5 Å². The SMILES string of the molecule is COC(=O)c1ccccc1N/C=C(/C#N)C(=O)N1CCC(C(=O)O)CC1. The second-order valence-corrected chi connectivity index (χ2v) is 5.76. The van der Waals surface area contributed by atoms with E-state index >= 15 is 0 Å². The maximum absolute atomic E-state index is 12.5. The van der Waals surface area contributed by atoms with Gasteiger partial charge in [0.15, 0.2) is 0 Å². The van der Waals surface area contributed by atoms with Crippen LogP contribution in [-0.4, -0.2) is 48.1 Å². The molecule has 1 saturated heterocycles. The van der Waals surface area contributed by atoms with Crippen LogP contribution in [0.25, 0.3) is 0 Å². The van der Waals surface area contributed by atoms with Gasteiger partial charge in [0, 0.05) is 19.3 Å². The molecule has 8 heteroatoms. The summed E-state index contributed by atoms with van der Waals surface area (Å²) in [5.41, 5.74) is 0.557. The molecule has 1 amide bonds. The number of likely N-dealkylation sites (tertiary alicyclic amines) is 1. The van der Waals surface area contributed by atoms with Gasteiger partial charge in [-0.05, 0) is 25.0 Å². The minimum atomic E-state index is -0.866. The molecular formula is C18H19N3O5. The number of piperidine rings is 1. The molecule has 2 N–H and O–H groups in total. The summed E-state index contributed by atoms with van der Waals surface area (Å²) in [5.74, 6) is -2.34. The molecule has 0 spiro atoms. The number of rotatable bonds is 5. The van der Waals surface area contributed by atoms with Crippen molar-refractivity contribution in [2.75, 3.05) is 25.5 Å². The van der Waals surface area contributed by atoms with Crippen molar-refractivity contribution in [1.82, 2.24) is 4.90 Å². The Balaban J connectivity index is 2.10. The molecule has 1 aromatic rings. The summed E-state index contributed by atoms with van der Waals surface area (Å²) in [6, 6.07) is 8.40. The first-order valence-corrected chi connectivity index (χ1v) is 8.04. The minimum Gasteiger partial charge on any atom is -0.481 e. The number of benzene rings is 1. The van der Waals surface area contributed by atoms with Crippen LogP contribution in [0.2, 0.25) is 0 Å². The van der Waals surface area contributed by atoms with Crippen LogP contribution in [-0.2, 0) is 14.3 Å². The first-order chi connectivity index (χ1) is 12.5. The molecule has 0 unspecified atom stereocenters. The van der Waals surface area contributed by atoms with E-state index in [9.17, 15) is 19.6 Å². The van der Waals surface area contributed by atoms with E-state index in [1.54, 1.807) is 24.3 Å². The number of nitrogens with zero attached hydrogens (tertiary/aromatic N) is 2. The normalized spacial score (nSPS) is 15.1. The molecule has 8 nitrogen and oxygen atoms in total. The van der Waals surface area contributed by atoms with Crippen molar-refractivity contribution in [3.63, 3.8) is 0 Å². The van der Waals surface area contributed by atoms with Gasteiger partial charge in [-0.1, -0.05) is 12.1 Å². The first kappa shape index (κ1) is 19.0. The standard InChI is InChI=1S/C18H19N3O5/c1-26-18(25)14-4-2-3-5-15(14)20-11-13(10-19)16(22)21-8-6-12(7-9-21)17(23)24/h2-5,11-12,20H,6-9H2,1H3,(H,23,24)/b13-11-. The number of nitrogens with one attached hydrogen (secondary N) is 1. The van der Waals surface area contributed by atoms with E-state index in [2.05, 4.69) is 5.32 Å². The van der Waals surface area contributed by atoms with Crippen molar-refractivity contribution in [3.8, 4) is 6.07 Å². The van der Waals surface area contributed by atoms with Crippen molar-refractivity contribution in [1.29, 1.82) is 5.26 Å². The lowest BCUT2D eigenvalue weighted by molar-refractivity contribution is -0.145. The lowest BCUT2D eigenvalue weighted by Gasteiger charge is -2.29. The first-order valence-electron chi connectivity index (χ1n) is 8.04. The Morgan fingerprint density at radius 3 is 2.54 bits per heavy atom. The highest BCUT2D eigenvalue weighted by molar-refractivity contribution is 5.99. The molecule has 0 saturated carbocycles. The molecule has 136 valence electrons. The maximum atomic E-state index is 12.5. The maximum Gasteiger partial charge on any atom is 0.339 e. The van der Waals surface area contributed by atoms with Crippen LogP contribution in [0.15, 0.2) is 36.0 Å². The summed E-state index contributed by atoms with van der Waals surface area (Å²) in [6.45, 7) is 0.571. The number of ether oxygens (including phenoxy) is 1. The van der Waals surface area contributed by atoms with Crippen LogP contribution in [0, 0.1) is 17.2 Å². The monoisotopic (exact) mass is 357 g/mol. The van der Waals surface area contributed by atoms with E-state index < -0.39 is 23.8 Å². The lowest BCUT2D eigenvalue weighted by Crippen LogP contribution is -2.40. The number of anilines is 1. The fraction of sp³-hybridized carbons (Fsp3) is 0.333. The molecule has 1 heterocycles. The predicted molar refractivity (Wildman–Crippen MR) is 92.0 cm³/mol. The fourth-order valence-electron chi connectivity index (χ4n) is 2.69. The Morgan fingerprint density at radius 2 is 1.96 bits per heavy atom. The van der Waals surface area contributed by atoms with Crippen molar-refractivity contribution < 1.29 is 24.2 Å². The van der Waals surface area contributed by atoms with Crippen LogP contribution >= 0.6 is 0 Å². The predicted octanol–water partition coefficient (Wildman–Crippen LogP) is 1.62. The number of para-hydroxylation sites is 1. The highest BCUT2D eigenvalue weighted by Crippen LogP contribution is 2.20. The molecule has 2 rings (SSSR count). The number of hydrogen-bond donors (Lipinski definition) is 2. The van der Waals surface area contributed by atoms with E-state index in [-0.39, 0.29) is 24.2 Å². The third-order valence-electron chi connectivity index (χ3n) is 4.19. The summed E-state index contributed by atoms with van der Waals surface area (Å²) < 4.78 is 4.69. The Labute approximate surface area is 150 Å². The number of nitriles is 1. The second kappa shape index (κ2) is 8.67. The Morgan fingerprint density at radius 1 is 1.31 bits per heavy atom. The molecule has 1 fully saturated rings. The van der Waals surface area contributed by atoms with E-state index in [0.717, 1.165) is 0 Å². The van der Waals surface area contributed by atoms with Gasteiger partial charge in [-0.2, -0.15) is 5.26 Å². The number of carboxylic acid groups (broad SMARTS) is 1. The Kier molecular flexibility index (Phi) is 6.33.